The molecule has 0 spiro atoms. The summed E-state index contributed by atoms with van der Waals surface area (Å²) in [5, 5.41) is 3.52. The SMILES string of the molecule is CC(Cc1ccccc1F)NCC1CCCN1C. The van der Waals surface area contributed by atoms with Crippen molar-refractivity contribution in [1.29, 1.82) is 0 Å². The number of benzene rings is 1. The lowest BCUT2D eigenvalue weighted by atomic mass is 10.1. The number of likely N-dealkylation sites (tertiary alicyclic amines) is 1. The van der Waals surface area contributed by atoms with Crippen LogP contribution in [0.3, 0.4) is 0 Å². The zero-order valence-electron chi connectivity index (χ0n) is 11.3. The van der Waals surface area contributed by atoms with Crippen molar-refractivity contribution in [2.24, 2.45) is 0 Å². The Morgan fingerprint density at radius 2 is 2.22 bits per heavy atom. The Morgan fingerprint density at radius 1 is 1.44 bits per heavy atom. The molecular formula is C15H23FN2. The van der Waals surface area contributed by atoms with E-state index >= 15 is 0 Å². The van der Waals surface area contributed by atoms with Crippen LogP contribution in [0.2, 0.25) is 0 Å². The summed E-state index contributed by atoms with van der Waals surface area (Å²) in [6.07, 6.45) is 3.32. The molecule has 3 heteroatoms. The van der Waals surface area contributed by atoms with Crippen LogP contribution in [-0.2, 0) is 6.42 Å². The van der Waals surface area contributed by atoms with Crippen molar-refractivity contribution < 1.29 is 4.39 Å². The van der Waals surface area contributed by atoms with Gasteiger partial charge in [0.1, 0.15) is 5.82 Å². The van der Waals surface area contributed by atoms with Crippen LogP contribution in [0.5, 0.6) is 0 Å². The highest BCUT2D eigenvalue weighted by atomic mass is 19.1. The van der Waals surface area contributed by atoms with Gasteiger partial charge in [-0.25, -0.2) is 4.39 Å². The quantitative estimate of drug-likeness (QED) is 0.863. The summed E-state index contributed by atoms with van der Waals surface area (Å²) in [6, 6.07) is 8.01. The van der Waals surface area contributed by atoms with Gasteiger partial charge in [-0.1, -0.05) is 18.2 Å². The van der Waals surface area contributed by atoms with Gasteiger partial charge in [0.15, 0.2) is 0 Å². The van der Waals surface area contributed by atoms with E-state index in [-0.39, 0.29) is 5.82 Å². The lowest BCUT2D eigenvalue weighted by molar-refractivity contribution is 0.292. The number of halogens is 1. The molecule has 1 aliphatic rings. The summed E-state index contributed by atoms with van der Waals surface area (Å²) in [5.41, 5.74) is 0.803. The van der Waals surface area contributed by atoms with E-state index in [1.165, 1.54) is 25.5 Å². The van der Waals surface area contributed by atoms with Crippen molar-refractivity contribution in [3.8, 4) is 0 Å². The van der Waals surface area contributed by atoms with Crippen molar-refractivity contribution in [2.45, 2.75) is 38.3 Å². The van der Waals surface area contributed by atoms with Crippen LogP contribution in [0, 0.1) is 5.82 Å². The van der Waals surface area contributed by atoms with Crippen LogP contribution in [0.15, 0.2) is 24.3 Å². The molecule has 1 aromatic rings. The van der Waals surface area contributed by atoms with Gasteiger partial charge in [-0.05, 0) is 51.4 Å². The molecule has 0 amide bonds. The van der Waals surface area contributed by atoms with Crippen molar-refractivity contribution in [1.82, 2.24) is 10.2 Å². The second-order valence-electron chi connectivity index (χ2n) is 5.38. The first-order valence-corrected chi connectivity index (χ1v) is 6.84. The van der Waals surface area contributed by atoms with E-state index in [2.05, 4.69) is 24.2 Å². The van der Waals surface area contributed by atoms with Crippen molar-refractivity contribution >= 4 is 0 Å². The molecule has 1 saturated heterocycles. The van der Waals surface area contributed by atoms with Crippen LogP contribution in [0.4, 0.5) is 4.39 Å². The first kappa shape index (κ1) is 13.5. The van der Waals surface area contributed by atoms with E-state index in [0.29, 0.717) is 12.1 Å². The maximum atomic E-state index is 13.5. The Labute approximate surface area is 109 Å². The molecule has 0 aliphatic carbocycles. The molecule has 1 heterocycles. The molecule has 1 aromatic carbocycles. The Balaban J connectivity index is 1.78. The smallest absolute Gasteiger partial charge is 0.126 e. The average molecular weight is 250 g/mol. The standard InChI is InChI=1S/C15H23FN2/c1-12(10-13-6-3-4-8-15(13)16)17-11-14-7-5-9-18(14)2/h3-4,6,8,12,14,17H,5,7,9-11H2,1-2H3. The summed E-state index contributed by atoms with van der Waals surface area (Å²) >= 11 is 0. The normalized spacial score (nSPS) is 22.3. The Morgan fingerprint density at radius 3 is 2.89 bits per heavy atom. The minimum Gasteiger partial charge on any atom is -0.312 e. The minimum absolute atomic E-state index is 0.0934. The third kappa shape index (κ3) is 3.53. The predicted molar refractivity (Wildman–Crippen MR) is 73.2 cm³/mol. The number of hydrogen-bond acceptors (Lipinski definition) is 2. The maximum Gasteiger partial charge on any atom is 0.126 e. The third-order valence-corrected chi connectivity index (χ3v) is 3.86. The molecule has 2 nitrogen and oxygen atoms in total. The van der Waals surface area contributed by atoms with Gasteiger partial charge in [-0.2, -0.15) is 0 Å². The van der Waals surface area contributed by atoms with Gasteiger partial charge in [-0.3, -0.25) is 0 Å². The molecule has 2 rings (SSSR count). The number of rotatable bonds is 5. The average Bonchev–Trinajstić information content (AvgIpc) is 2.75. The van der Waals surface area contributed by atoms with Crippen LogP contribution in [-0.4, -0.2) is 37.1 Å². The molecule has 18 heavy (non-hydrogen) atoms. The van der Waals surface area contributed by atoms with Crippen LogP contribution in [0.25, 0.3) is 0 Å². The zero-order chi connectivity index (χ0) is 13.0. The first-order valence-electron chi connectivity index (χ1n) is 6.84. The predicted octanol–water partition coefficient (Wildman–Crippen LogP) is 2.44. The van der Waals surface area contributed by atoms with Crippen molar-refractivity contribution in [3.05, 3.63) is 35.6 Å². The van der Waals surface area contributed by atoms with E-state index in [0.717, 1.165) is 18.5 Å². The number of nitrogens with one attached hydrogen (secondary N) is 1. The second kappa shape index (κ2) is 6.30. The minimum atomic E-state index is -0.0934. The molecule has 0 radical (unpaired) electrons. The van der Waals surface area contributed by atoms with E-state index in [1.54, 1.807) is 6.07 Å². The maximum absolute atomic E-state index is 13.5. The van der Waals surface area contributed by atoms with Crippen LogP contribution in [0.1, 0.15) is 25.3 Å². The monoisotopic (exact) mass is 250 g/mol. The lowest BCUT2D eigenvalue weighted by Crippen LogP contribution is -2.40. The fourth-order valence-corrected chi connectivity index (χ4v) is 2.64. The molecule has 1 aliphatic heterocycles. The second-order valence-corrected chi connectivity index (χ2v) is 5.38. The molecule has 1 fully saturated rings. The summed E-state index contributed by atoms with van der Waals surface area (Å²) in [4.78, 5) is 2.41. The molecule has 2 unspecified atom stereocenters. The van der Waals surface area contributed by atoms with Gasteiger partial charge in [0.05, 0.1) is 0 Å². The van der Waals surface area contributed by atoms with E-state index in [1.807, 2.05) is 12.1 Å². The van der Waals surface area contributed by atoms with Gasteiger partial charge in [-0.15, -0.1) is 0 Å². The van der Waals surface area contributed by atoms with E-state index in [9.17, 15) is 4.39 Å². The lowest BCUT2D eigenvalue weighted by Gasteiger charge is -2.22. The largest absolute Gasteiger partial charge is 0.312 e. The molecule has 0 aromatic heterocycles. The Bertz CT molecular complexity index is 381. The van der Waals surface area contributed by atoms with E-state index < -0.39 is 0 Å². The molecule has 0 saturated carbocycles. The molecule has 100 valence electrons. The molecule has 0 bridgehead atoms. The third-order valence-electron chi connectivity index (χ3n) is 3.86. The summed E-state index contributed by atoms with van der Waals surface area (Å²) in [6.45, 7) is 4.33. The van der Waals surface area contributed by atoms with Crippen molar-refractivity contribution in [2.75, 3.05) is 20.1 Å². The summed E-state index contributed by atoms with van der Waals surface area (Å²) in [5.74, 6) is -0.0934. The Hall–Kier alpha value is -0.930. The number of likely N-dealkylation sites (N-methyl/N-ethyl adjacent to an activating group) is 1. The first-order chi connectivity index (χ1) is 8.66. The highest BCUT2D eigenvalue weighted by Crippen LogP contribution is 2.14. The number of nitrogens with zero attached hydrogens (tertiary/aromatic N) is 1. The van der Waals surface area contributed by atoms with Gasteiger partial charge in [0.2, 0.25) is 0 Å². The highest BCUT2D eigenvalue weighted by Gasteiger charge is 2.20. The summed E-state index contributed by atoms with van der Waals surface area (Å²) < 4.78 is 13.5. The number of hydrogen-bond donors (Lipinski definition) is 1. The van der Waals surface area contributed by atoms with E-state index in [4.69, 9.17) is 0 Å². The highest BCUT2D eigenvalue weighted by molar-refractivity contribution is 5.18. The zero-order valence-corrected chi connectivity index (χ0v) is 11.3. The Kier molecular flexibility index (Phi) is 4.72. The van der Waals surface area contributed by atoms with Crippen LogP contribution < -0.4 is 5.32 Å². The summed E-state index contributed by atoms with van der Waals surface area (Å²) in [7, 11) is 2.18. The molecular weight excluding hydrogens is 227 g/mol. The van der Waals surface area contributed by atoms with Gasteiger partial charge in [0.25, 0.3) is 0 Å². The van der Waals surface area contributed by atoms with Gasteiger partial charge < -0.3 is 10.2 Å². The molecule has 2 atom stereocenters. The fourth-order valence-electron chi connectivity index (χ4n) is 2.64. The fraction of sp³-hybridized carbons (Fsp3) is 0.600. The van der Waals surface area contributed by atoms with Crippen LogP contribution >= 0.6 is 0 Å². The van der Waals surface area contributed by atoms with Gasteiger partial charge >= 0.3 is 0 Å². The topological polar surface area (TPSA) is 15.3 Å². The van der Waals surface area contributed by atoms with Crippen molar-refractivity contribution in [3.63, 3.8) is 0 Å². The molecule has 1 N–H and O–H groups in total. The van der Waals surface area contributed by atoms with Gasteiger partial charge in [0, 0.05) is 18.6 Å².